The van der Waals surface area contributed by atoms with Crippen LogP contribution in [0, 0.1) is 6.92 Å². The van der Waals surface area contributed by atoms with Crippen LogP contribution in [0.5, 0.6) is 11.5 Å². The molecule has 0 fully saturated rings. The summed E-state index contributed by atoms with van der Waals surface area (Å²) in [5.41, 5.74) is 2.12. The number of aryl methyl sites for hydroxylation is 1. The zero-order chi connectivity index (χ0) is 30.8. The van der Waals surface area contributed by atoms with E-state index < -0.39 is 28.5 Å². The molecular weight excluding hydrogens is 562 g/mol. The third-order valence-electron chi connectivity index (χ3n) is 7.03. The molecule has 0 unspecified atom stereocenters. The molecule has 8 nitrogen and oxygen atoms in total. The van der Waals surface area contributed by atoms with Crippen molar-refractivity contribution < 1.29 is 22.7 Å². The number of ether oxygens (including phenoxy) is 1. The third-order valence-corrected chi connectivity index (χ3v) is 8.82. The summed E-state index contributed by atoms with van der Waals surface area (Å²) >= 11 is 0. The van der Waals surface area contributed by atoms with Gasteiger partial charge in [-0.1, -0.05) is 67.6 Å². The molecule has 4 aromatic carbocycles. The van der Waals surface area contributed by atoms with Crippen LogP contribution in [-0.2, 0) is 26.2 Å². The summed E-state index contributed by atoms with van der Waals surface area (Å²) in [6, 6.07) is 30.5. The van der Waals surface area contributed by atoms with Crippen molar-refractivity contribution in [3.8, 4) is 11.5 Å². The fourth-order valence-corrected chi connectivity index (χ4v) is 5.94. The number of carbonyl (C=O) groups excluding carboxylic acids is 2. The van der Waals surface area contributed by atoms with E-state index >= 15 is 0 Å². The molecule has 0 aliphatic rings. The lowest BCUT2D eigenvalue weighted by molar-refractivity contribution is -0.139. The first kappa shape index (κ1) is 31.3. The van der Waals surface area contributed by atoms with Crippen LogP contribution in [0.4, 0.5) is 5.69 Å². The van der Waals surface area contributed by atoms with E-state index in [1.54, 1.807) is 49.4 Å². The van der Waals surface area contributed by atoms with Gasteiger partial charge in [0.2, 0.25) is 11.8 Å². The molecule has 0 saturated carbocycles. The lowest BCUT2D eigenvalue weighted by Crippen LogP contribution is -2.51. The Morgan fingerprint density at radius 1 is 0.814 bits per heavy atom. The molecule has 0 aromatic heterocycles. The largest absolute Gasteiger partial charge is 0.457 e. The molecule has 1 atom stereocenters. The maximum Gasteiger partial charge on any atom is 0.264 e. The summed E-state index contributed by atoms with van der Waals surface area (Å²) in [5.74, 6) is 0.345. The Morgan fingerprint density at radius 3 is 2.02 bits per heavy atom. The number of benzene rings is 4. The number of nitrogens with one attached hydrogen (secondary N) is 1. The van der Waals surface area contributed by atoms with E-state index in [2.05, 4.69) is 5.32 Å². The summed E-state index contributed by atoms with van der Waals surface area (Å²) < 4.78 is 34.9. The van der Waals surface area contributed by atoms with Gasteiger partial charge in [-0.3, -0.25) is 13.9 Å². The van der Waals surface area contributed by atoms with Gasteiger partial charge in [-0.2, -0.15) is 0 Å². The summed E-state index contributed by atoms with van der Waals surface area (Å²) in [4.78, 5) is 28.6. The smallest absolute Gasteiger partial charge is 0.264 e. The topological polar surface area (TPSA) is 96.0 Å². The molecule has 1 N–H and O–H groups in total. The standard InChI is InChI=1S/C34H37N3O5S/c1-4-23-35-34(39)27(3)36(24-28-14-12-11-13-26(28)2)33(38)25-37(43(40,41)32-17-9-6-10-18-32)29-19-21-31(22-20-29)42-30-15-7-5-8-16-30/h5-22,27H,4,23-25H2,1-3H3,(H,35,39)/t27-/m0/s1. The van der Waals surface area contributed by atoms with Gasteiger partial charge in [-0.05, 0) is 79.9 Å². The van der Waals surface area contributed by atoms with E-state index in [4.69, 9.17) is 4.74 Å². The van der Waals surface area contributed by atoms with Gasteiger partial charge in [0.15, 0.2) is 0 Å². The highest BCUT2D eigenvalue weighted by Gasteiger charge is 2.32. The predicted molar refractivity (Wildman–Crippen MR) is 168 cm³/mol. The minimum Gasteiger partial charge on any atom is -0.457 e. The van der Waals surface area contributed by atoms with Crippen LogP contribution < -0.4 is 14.4 Å². The highest BCUT2D eigenvalue weighted by molar-refractivity contribution is 7.92. The first-order chi connectivity index (χ1) is 20.7. The molecule has 224 valence electrons. The quantitative estimate of drug-likeness (QED) is 0.206. The summed E-state index contributed by atoms with van der Waals surface area (Å²) in [5, 5.41) is 2.86. The third kappa shape index (κ3) is 8.02. The second-order valence-corrected chi connectivity index (χ2v) is 12.0. The molecule has 0 heterocycles. The van der Waals surface area contributed by atoms with Gasteiger partial charge in [0.1, 0.15) is 24.1 Å². The number of hydrogen-bond acceptors (Lipinski definition) is 5. The number of hydrogen-bond donors (Lipinski definition) is 1. The van der Waals surface area contributed by atoms with Crippen LogP contribution in [0.2, 0.25) is 0 Å². The minimum absolute atomic E-state index is 0.0478. The number of amides is 2. The molecular formula is C34H37N3O5S. The first-order valence-corrected chi connectivity index (χ1v) is 15.7. The molecule has 0 aliphatic heterocycles. The van der Waals surface area contributed by atoms with Gasteiger partial charge in [0.25, 0.3) is 10.0 Å². The molecule has 2 amide bonds. The Balaban J connectivity index is 1.69. The molecule has 43 heavy (non-hydrogen) atoms. The molecule has 9 heteroatoms. The number of para-hydroxylation sites is 1. The van der Waals surface area contributed by atoms with Crippen LogP contribution in [0.15, 0.2) is 114 Å². The normalized spacial score (nSPS) is 11.8. The zero-order valence-electron chi connectivity index (χ0n) is 24.6. The Kier molecular flexibility index (Phi) is 10.6. The number of anilines is 1. The van der Waals surface area contributed by atoms with Crippen molar-refractivity contribution in [3.63, 3.8) is 0 Å². The van der Waals surface area contributed by atoms with Crippen LogP contribution in [0.1, 0.15) is 31.4 Å². The van der Waals surface area contributed by atoms with Crippen LogP contribution in [-0.4, -0.2) is 44.3 Å². The minimum atomic E-state index is -4.15. The molecule has 4 rings (SSSR count). The lowest BCUT2D eigenvalue weighted by atomic mass is 10.1. The summed E-state index contributed by atoms with van der Waals surface area (Å²) in [6.07, 6.45) is 0.747. The van der Waals surface area contributed by atoms with Gasteiger partial charge in [-0.25, -0.2) is 8.42 Å². The van der Waals surface area contributed by atoms with Crippen LogP contribution in [0.25, 0.3) is 0 Å². The maximum absolute atomic E-state index is 14.1. The van der Waals surface area contributed by atoms with Crippen molar-refractivity contribution in [1.29, 1.82) is 0 Å². The molecule has 0 bridgehead atoms. The average molecular weight is 600 g/mol. The molecule has 0 aliphatic carbocycles. The van der Waals surface area contributed by atoms with Crippen LogP contribution in [0.3, 0.4) is 0 Å². The second kappa shape index (κ2) is 14.5. The average Bonchev–Trinajstić information content (AvgIpc) is 3.03. The monoisotopic (exact) mass is 599 g/mol. The fourth-order valence-electron chi connectivity index (χ4n) is 4.50. The number of sulfonamides is 1. The van der Waals surface area contributed by atoms with Crippen molar-refractivity contribution >= 4 is 27.5 Å². The van der Waals surface area contributed by atoms with Gasteiger partial charge >= 0.3 is 0 Å². The van der Waals surface area contributed by atoms with Gasteiger partial charge in [0, 0.05) is 13.1 Å². The number of nitrogens with zero attached hydrogens (tertiary/aromatic N) is 2. The highest BCUT2D eigenvalue weighted by atomic mass is 32.2. The summed E-state index contributed by atoms with van der Waals surface area (Å²) in [6.45, 7) is 5.66. The molecule has 0 spiro atoms. The van der Waals surface area contributed by atoms with E-state index in [0.717, 1.165) is 21.9 Å². The van der Waals surface area contributed by atoms with E-state index in [9.17, 15) is 18.0 Å². The van der Waals surface area contributed by atoms with E-state index in [1.165, 1.54) is 17.0 Å². The molecule has 4 aromatic rings. The first-order valence-electron chi connectivity index (χ1n) is 14.2. The Hall–Kier alpha value is -4.63. The lowest BCUT2D eigenvalue weighted by Gasteiger charge is -2.32. The van der Waals surface area contributed by atoms with Crippen molar-refractivity contribution in [2.45, 2.75) is 44.7 Å². The van der Waals surface area contributed by atoms with Crippen LogP contribution >= 0.6 is 0 Å². The molecule has 0 saturated heterocycles. The maximum atomic E-state index is 14.1. The van der Waals surface area contributed by atoms with Crippen molar-refractivity contribution in [3.05, 3.63) is 120 Å². The predicted octanol–water partition coefficient (Wildman–Crippen LogP) is 5.93. The summed E-state index contributed by atoms with van der Waals surface area (Å²) in [7, 11) is -4.15. The second-order valence-electron chi connectivity index (χ2n) is 10.1. The van der Waals surface area contributed by atoms with Gasteiger partial charge in [0.05, 0.1) is 10.6 Å². The Bertz CT molecular complexity index is 1610. The van der Waals surface area contributed by atoms with E-state index in [-0.39, 0.29) is 23.0 Å². The van der Waals surface area contributed by atoms with E-state index in [0.29, 0.717) is 18.0 Å². The number of rotatable bonds is 13. The highest BCUT2D eigenvalue weighted by Crippen LogP contribution is 2.28. The van der Waals surface area contributed by atoms with Crippen molar-refractivity contribution in [1.82, 2.24) is 10.2 Å². The van der Waals surface area contributed by atoms with Crippen molar-refractivity contribution in [2.75, 3.05) is 17.4 Å². The van der Waals surface area contributed by atoms with Gasteiger partial charge < -0.3 is 15.0 Å². The Morgan fingerprint density at radius 2 is 1.40 bits per heavy atom. The van der Waals surface area contributed by atoms with Gasteiger partial charge in [-0.15, -0.1) is 0 Å². The fraction of sp³-hybridized carbons (Fsp3) is 0.235. The van der Waals surface area contributed by atoms with Crippen molar-refractivity contribution in [2.24, 2.45) is 0 Å². The Labute approximate surface area is 254 Å². The SMILES string of the molecule is CCCNC(=O)[C@H](C)N(Cc1ccccc1C)C(=O)CN(c1ccc(Oc2ccccc2)cc1)S(=O)(=O)c1ccccc1. The number of carbonyl (C=O) groups is 2. The zero-order valence-corrected chi connectivity index (χ0v) is 25.5. The van der Waals surface area contributed by atoms with E-state index in [1.807, 2.05) is 68.4 Å². The molecule has 0 radical (unpaired) electrons.